The molecule has 5 rings (SSSR count). The number of aromatic nitrogens is 3. The SMILES string of the molecule is Cc1cccc(C(=O)Nc2cc3cn(C4CCC(C)(O)CC4)nc3cc2OC2CC2)[n+]1[O-]. The molecule has 32 heavy (non-hydrogen) atoms. The lowest BCUT2D eigenvalue weighted by atomic mass is 9.84. The summed E-state index contributed by atoms with van der Waals surface area (Å²) in [4.78, 5) is 12.9. The molecule has 0 saturated heterocycles. The lowest BCUT2D eigenvalue weighted by Crippen LogP contribution is -2.39. The highest BCUT2D eigenvalue weighted by Gasteiger charge is 2.30. The second kappa shape index (κ2) is 7.78. The van der Waals surface area contributed by atoms with Crippen LogP contribution in [-0.2, 0) is 0 Å². The van der Waals surface area contributed by atoms with Crippen LogP contribution in [0, 0.1) is 12.1 Å². The minimum absolute atomic E-state index is 0.0347. The third-order valence-electron chi connectivity index (χ3n) is 6.46. The molecule has 0 aliphatic heterocycles. The van der Waals surface area contributed by atoms with Gasteiger partial charge in [0.25, 0.3) is 5.69 Å². The molecule has 2 N–H and O–H groups in total. The van der Waals surface area contributed by atoms with Gasteiger partial charge in [0, 0.05) is 36.7 Å². The lowest BCUT2D eigenvalue weighted by molar-refractivity contribution is -0.614. The largest absolute Gasteiger partial charge is 0.618 e. The summed E-state index contributed by atoms with van der Waals surface area (Å²) in [6, 6.07) is 8.82. The molecule has 2 fully saturated rings. The van der Waals surface area contributed by atoms with Crippen LogP contribution in [0.5, 0.6) is 5.75 Å². The Balaban J connectivity index is 1.45. The number of fused-ring (bicyclic) bond motifs is 1. The zero-order valence-electron chi connectivity index (χ0n) is 18.4. The summed E-state index contributed by atoms with van der Waals surface area (Å²) in [7, 11) is 0. The first kappa shape index (κ1) is 20.8. The van der Waals surface area contributed by atoms with Crippen LogP contribution in [0.15, 0.2) is 36.5 Å². The first-order valence-corrected chi connectivity index (χ1v) is 11.2. The molecule has 0 atom stereocenters. The Morgan fingerprint density at radius 2 is 2.03 bits per heavy atom. The molecule has 8 nitrogen and oxygen atoms in total. The number of anilines is 1. The zero-order chi connectivity index (χ0) is 22.5. The minimum Gasteiger partial charge on any atom is -0.618 e. The van der Waals surface area contributed by atoms with Crippen molar-refractivity contribution in [2.45, 2.75) is 70.1 Å². The van der Waals surface area contributed by atoms with Crippen LogP contribution in [0.3, 0.4) is 0 Å². The fraction of sp³-hybridized carbons (Fsp3) is 0.458. The van der Waals surface area contributed by atoms with E-state index in [-0.39, 0.29) is 17.8 Å². The van der Waals surface area contributed by atoms with Gasteiger partial charge in [-0.2, -0.15) is 9.83 Å². The van der Waals surface area contributed by atoms with Crippen molar-refractivity contribution in [2.24, 2.45) is 0 Å². The number of hydrogen-bond donors (Lipinski definition) is 2. The Morgan fingerprint density at radius 1 is 1.28 bits per heavy atom. The van der Waals surface area contributed by atoms with Gasteiger partial charge in [-0.1, -0.05) is 0 Å². The monoisotopic (exact) mass is 436 g/mol. The van der Waals surface area contributed by atoms with Gasteiger partial charge in [-0.05, 0) is 57.6 Å². The van der Waals surface area contributed by atoms with Crippen molar-refractivity contribution >= 4 is 22.5 Å². The van der Waals surface area contributed by atoms with Crippen molar-refractivity contribution in [2.75, 3.05) is 5.32 Å². The zero-order valence-corrected chi connectivity index (χ0v) is 18.4. The average Bonchev–Trinajstić information content (AvgIpc) is 3.47. The van der Waals surface area contributed by atoms with Crippen molar-refractivity contribution in [3.05, 3.63) is 53.1 Å². The maximum absolute atomic E-state index is 12.9. The van der Waals surface area contributed by atoms with E-state index in [0.29, 0.717) is 21.9 Å². The number of nitrogens with zero attached hydrogens (tertiary/aromatic N) is 3. The molecular weight excluding hydrogens is 408 g/mol. The molecular formula is C24H28N4O4. The fourth-order valence-electron chi connectivity index (χ4n) is 4.27. The van der Waals surface area contributed by atoms with Crippen LogP contribution >= 0.6 is 0 Å². The van der Waals surface area contributed by atoms with E-state index in [1.807, 2.05) is 29.9 Å². The number of amides is 1. The van der Waals surface area contributed by atoms with Crippen LogP contribution in [0.2, 0.25) is 0 Å². The molecule has 0 spiro atoms. The third-order valence-corrected chi connectivity index (χ3v) is 6.46. The summed E-state index contributed by atoms with van der Waals surface area (Å²) in [5, 5.41) is 31.1. The van der Waals surface area contributed by atoms with E-state index < -0.39 is 11.5 Å². The summed E-state index contributed by atoms with van der Waals surface area (Å²) in [6.07, 6.45) is 7.33. The van der Waals surface area contributed by atoms with Crippen molar-refractivity contribution < 1.29 is 19.4 Å². The molecule has 2 aliphatic carbocycles. The number of rotatable bonds is 5. The van der Waals surface area contributed by atoms with E-state index >= 15 is 0 Å². The smallest absolute Gasteiger partial charge is 0.321 e. The second-order valence-electron chi connectivity index (χ2n) is 9.36. The Labute approximate surface area is 186 Å². The standard InChI is InChI=1S/C24H28N4O4/c1-15-4-3-5-21(28(15)31)23(29)25-20-12-16-14-27(17-8-10-24(2,30)11-9-17)26-19(16)13-22(20)32-18-6-7-18/h3-5,12-14,17-18,30H,6-11H2,1-2H3,(H,25,29). The predicted octanol–water partition coefficient (Wildman–Crippen LogP) is 3.64. The molecule has 168 valence electrons. The summed E-state index contributed by atoms with van der Waals surface area (Å²) in [5.74, 6) is 0.0841. The van der Waals surface area contributed by atoms with E-state index in [1.165, 1.54) is 6.07 Å². The highest BCUT2D eigenvalue weighted by molar-refractivity contribution is 6.04. The third kappa shape index (κ3) is 4.14. The highest BCUT2D eigenvalue weighted by Crippen LogP contribution is 2.38. The maximum atomic E-state index is 12.9. The molecule has 3 aromatic rings. The van der Waals surface area contributed by atoms with E-state index in [1.54, 1.807) is 19.1 Å². The van der Waals surface area contributed by atoms with E-state index in [9.17, 15) is 15.1 Å². The lowest BCUT2D eigenvalue weighted by Gasteiger charge is -2.33. The first-order valence-electron chi connectivity index (χ1n) is 11.2. The molecule has 1 aromatic carbocycles. The van der Waals surface area contributed by atoms with Gasteiger partial charge in [0.15, 0.2) is 5.69 Å². The van der Waals surface area contributed by atoms with Gasteiger partial charge in [0.1, 0.15) is 5.75 Å². The number of hydrogen-bond acceptors (Lipinski definition) is 5. The maximum Gasteiger partial charge on any atom is 0.321 e. The van der Waals surface area contributed by atoms with Crippen molar-refractivity contribution in [3.63, 3.8) is 0 Å². The summed E-state index contributed by atoms with van der Waals surface area (Å²) in [5.41, 5.74) is 1.22. The van der Waals surface area contributed by atoms with Crippen molar-refractivity contribution in [3.8, 4) is 5.75 Å². The van der Waals surface area contributed by atoms with Gasteiger partial charge in [0.2, 0.25) is 0 Å². The van der Waals surface area contributed by atoms with Crippen LogP contribution in [0.25, 0.3) is 10.9 Å². The molecule has 0 radical (unpaired) electrons. The van der Waals surface area contributed by atoms with Crippen molar-refractivity contribution in [1.82, 2.24) is 9.78 Å². The van der Waals surface area contributed by atoms with E-state index in [4.69, 9.17) is 9.84 Å². The summed E-state index contributed by atoms with van der Waals surface area (Å²) in [6.45, 7) is 3.55. The number of aryl methyl sites for hydroxylation is 1. The number of carbonyl (C=O) groups excluding carboxylic acids is 1. The quantitative estimate of drug-likeness (QED) is 0.470. The topological polar surface area (TPSA) is 103 Å². The Hall–Kier alpha value is -3.13. The van der Waals surface area contributed by atoms with Crippen molar-refractivity contribution in [1.29, 1.82) is 0 Å². The number of carbonyl (C=O) groups is 1. The molecule has 0 bridgehead atoms. The Morgan fingerprint density at radius 3 is 2.75 bits per heavy atom. The summed E-state index contributed by atoms with van der Waals surface area (Å²) < 4.78 is 8.66. The van der Waals surface area contributed by atoms with Crippen LogP contribution in [0.4, 0.5) is 5.69 Å². The normalized spacial score (nSPS) is 23.3. The minimum atomic E-state index is -0.597. The number of ether oxygens (including phenoxy) is 1. The Bertz CT molecular complexity index is 1170. The predicted molar refractivity (Wildman–Crippen MR) is 120 cm³/mol. The summed E-state index contributed by atoms with van der Waals surface area (Å²) >= 11 is 0. The van der Waals surface area contributed by atoms with Gasteiger partial charge >= 0.3 is 5.91 Å². The van der Waals surface area contributed by atoms with Gasteiger partial charge < -0.3 is 20.4 Å². The van der Waals surface area contributed by atoms with Gasteiger partial charge in [-0.3, -0.25) is 9.48 Å². The van der Waals surface area contributed by atoms with E-state index in [2.05, 4.69) is 5.32 Å². The van der Waals surface area contributed by atoms with Crippen LogP contribution in [-0.4, -0.2) is 32.5 Å². The van der Waals surface area contributed by atoms with E-state index in [0.717, 1.165) is 49.4 Å². The van der Waals surface area contributed by atoms with Gasteiger partial charge in [-0.25, -0.2) is 0 Å². The van der Waals surface area contributed by atoms with Gasteiger partial charge in [0.05, 0.1) is 29.0 Å². The second-order valence-corrected chi connectivity index (χ2v) is 9.36. The average molecular weight is 437 g/mol. The number of aliphatic hydroxyl groups is 1. The first-order chi connectivity index (χ1) is 15.3. The number of nitrogens with one attached hydrogen (secondary N) is 1. The fourth-order valence-corrected chi connectivity index (χ4v) is 4.27. The number of pyridine rings is 1. The Kier molecular flexibility index (Phi) is 5.04. The molecule has 0 unspecified atom stereocenters. The van der Waals surface area contributed by atoms with Gasteiger partial charge in [-0.15, -0.1) is 0 Å². The molecule has 2 aliphatic rings. The highest BCUT2D eigenvalue weighted by atomic mass is 16.5. The number of benzene rings is 1. The molecule has 2 heterocycles. The molecule has 8 heteroatoms. The molecule has 2 saturated carbocycles. The van der Waals surface area contributed by atoms with Crippen LogP contribution < -0.4 is 14.8 Å². The van der Waals surface area contributed by atoms with Crippen LogP contribution in [0.1, 0.15) is 67.7 Å². The molecule has 2 aromatic heterocycles. The molecule has 1 amide bonds.